The Hall–Kier alpha value is -0.210. The van der Waals surface area contributed by atoms with E-state index in [-0.39, 0.29) is 13.2 Å². The van der Waals surface area contributed by atoms with Crippen molar-refractivity contribution in [2.75, 3.05) is 25.4 Å². The lowest BCUT2D eigenvalue weighted by molar-refractivity contribution is 0.01000. The van der Waals surface area contributed by atoms with Crippen LogP contribution in [-0.4, -0.2) is 59.8 Å². The van der Waals surface area contributed by atoms with Crippen molar-refractivity contribution in [3.8, 4) is 0 Å². The second kappa shape index (κ2) is 6.31. The molecule has 0 fully saturated rings. The van der Waals surface area contributed by atoms with Crippen molar-refractivity contribution in [1.82, 2.24) is 4.90 Å². The number of aliphatic hydroxyl groups is 2. The molecule has 0 saturated carbocycles. The predicted octanol–water partition coefficient (Wildman–Crippen LogP) is -1.45. The summed E-state index contributed by atoms with van der Waals surface area (Å²) in [5, 5.41) is 18.0. The smallest absolute Gasteiger partial charge is 0.120 e. The normalized spacial score (nSPS) is 14.6. The second-order valence-corrected chi connectivity index (χ2v) is 4.41. The third-order valence-electron chi connectivity index (χ3n) is 1.67. The maximum atomic E-state index is 10.3. The molecule has 0 aliphatic rings. The van der Waals surface area contributed by atoms with E-state index in [2.05, 4.69) is 0 Å². The second-order valence-electron chi connectivity index (χ2n) is 2.96. The lowest BCUT2D eigenvalue weighted by Gasteiger charge is -2.27. The fourth-order valence-corrected chi connectivity index (χ4v) is 1.69. The molecule has 14 heavy (non-hydrogen) atoms. The Kier molecular flexibility index (Phi) is 6.21. The molecule has 86 valence electrons. The number of aliphatic hydroxyl groups excluding tert-OH is 2. The summed E-state index contributed by atoms with van der Waals surface area (Å²) in [5.74, 6) is -0.840. The number of nitrogens with zero attached hydrogens (tertiary/aromatic N) is 1. The molecule has 7 heteroatoms. The van der Waals surface area contributed by atoms with Crippen LogP contribution in [0.25, 0.3) is 0 Å². The van der Waals surface area contributed by atoms with E-state index < -0.39 is 22.1 Å². The van der Waals surface area contributed by atoms with Crippen molar-refractivity contribution in [3.05, 3.63) is 0 Å². The van der Waals surface area contributed by atoms with Crippen molar-refractivity contribution in [1.29, 1.82) is 0 Å². The van der Waals surface area contributed by atoms with E-state index in [0.717, 1.165) is 0 Å². The maximum Gasteiger partial charge on any atom is 0.120 e. The topological polar surface area (TPSA) is 101 Å². The first-order chi connectivity index (χ1) is 6.40. The quantitative estimate of drug-likeness (QED) is 0.407. The van der Waals surface area contributed by atoms with Crippen LogP contribution < -0.4 is 0 Å². The summed E-state index contributed by atoms with van der Waals surface area (Å²) in [6.45, 7) is 2.26. The summed E-state index contributed by atoms with van der Waals surface area (Å²) in [4.78, 5) is 1.36. The first kappa shape index (κ1) is 13.8. The van der Waals surface area contributed by atoms with Crippen molar-refractivity contribution >= 4 is 10.1 Å². The Morgan fingerprint density at radius 3 is 2.36 bits per heavy atom. The van der Waals surface area contributed by atoms with Crippen molar-refractivity contribution in [2.24, 2.45) is 0 Å². The van der Waals surface area contributed by atoms with Gasteiger partial charge in [-0.25, -0.2) is 8.42 Å². The van der Waals surface area contributed by atoms with Gasteiger partial charge in [-0.3, -0.25) is 4.90 Å². The minimum Gasteiger partial charge on any atom is -0.748 e. The molecular weight excluding hydrogens is 210 g/mol. The molecule has 0 bridgehead atoms. The molecule has 1 unspecified atom stereocenters. The van der Waals surface area contributed by atoms with Gasteiger partial charge in [0.15, 0.2) is 0 Å². The minimum atomic E-state index is -4.43. The van der Waals surface area contributed by atoms with E-state index in [1.165, 1.54) is 4.90 Å². The average molecular weight is 226 g/mol. The Bertz CT molecular complexity index is 234. The Balaban J connectivity index is 4.20. The zero-order chi connectivity index (χ0) is 11.2. The molecule has 0 radical (unpaired) electrons. The van der Waals surface area contributed by atoms with Crippen molar-refractivity contribution in [2.45, 2.75) is 19.6 Å². The van der Waals surface area contributed by atoms with Crippen LogP contribution in [0.5, 0.6) is 0 Å². The molecular formula is C7H16NO5S-. The molecule has 0 aromatic heterocycles. The van der Waals surface area contributed by atoms with Crippen LogP contribution in [-0.2, 0) is 10.1 Å². The summed E-state index contributed by atoms with van der Waals surface area (Å²) >= 11 is 0. The molecule has 6 nitrogen and oxygen atoms in total. The molecule has 0 aromatic carbocycles. The fourth-order valence-electron chi connectivity index (χ4n) is 1.11. The fraction of sp³-hybridized carbons (Fsp3) is 1.00. The van der Waals surface area contributed by atoms with Crippen LogP contribution in [0.2, 0.25) is 0 Å². The highest BCUT2D eigenvalue weighted by Gasteiger charge is 2.16. The largest absolute Gasteiger partial charge is 0.748 e. The third-order valence-corrected chi connectivity index (χ3v) is 2.38. The Labute approximate surface area is 83.9 Å². The summed E-state index contributed by atoms with van der Waals surface area (Å²) < 4.78 is 31.0. The minimum absolute atomic E-state index is 0.157. The van der Waals surface area contributed by atoms with Gasteiger partial charge in [-0.05, 0) is 6.42 Å². The summed E-state index contributed by atoms with van der Waals surface area (Å²) in [6.07, 6.45) is -0.625. The van der Waals surface area contributed by atoms with Gasteiger partial charge in [0.1, 0.15) is 6.23 Å². The number of hydrogen-bond acceptors (Lipinski definition) is 6. The van der Waals surface area contributed by atoms with E-state index >= 15 is 0 Å². The molecule has 2 N–H and O–H groups in total. The van der Waals surface area contributed by atoms with Gasteiger partial charge in [-0.15, -0.1) is 0 Å². The summed E-state index contributed by atoms with van der Waals surface area (Å²) in [7, 11) is -4.43. The Morgan fingerprint density at radius 1 is 1.43 bits per heavy atom. The van der Waals surface area contributed by atoms with Gasteiger partial charge in [0.05, 0.1) is 22.5 Å². The number of rotatable bonds is 7. The van der Waals surface area contributed by atoms with Gasteiger partial charge in [-0.2, -0.15) is 0 Å². The van der Waals surface area contributed by atoms with E-state index in [1.54, 1.807) is 0 Å². The monoisotopic (exact) mass is 226 g/mol. The maximum absolute atomic E-state index is 10.3. The van der Waals surface area contributed by atoms with E-state index in [0.29, 0.717) is 13.0 Å². The van der Waals surface area contributed by atoms with E-state index in [4.69, 9.17) is 5.11 Å². The van der Waals surface area contributed by atoms with Crippen LogP contribution in [0.3, 0.4) is 0 Å². The molecule has 1 atom stereocenters. The first-order valence-electron chi connectivity index (χ1n) is 4.37. The van der Waals surface area contributed by atoms with Gasteiger partial charge in [0.25, 0.3) is 0 Å². The van der Waals surface area contributed by atoms with Crippen molar-refractivity contribution < 1.29 is 23.2 Å². The van der Waals surface area contributed by atoms with Gasteiger partial charge in [0, 0.05) is 13.1 Å². The number of hydrogen-bond donors (Lipinski definition) is 2. The highest BCUT2D eigenvalue weighted by molar-refractivity contribution is 7.85. The average Bonchev–Trinajstić information content (AvgIpc) is 2.01. The highest BCUT2D eigenvalue weighted by atomic mass is 32.2. The molecule has 0 aliphatic carbocycles. The predicted molar refractivity (Wildman–Crippen MR) is 49.5 cm³/mol. The van der Waals surface area contributed by atoms with Gasteiger partial charge in [-0.1, -0.05) is 6.92 Å². The molecule has 0 aliphatic heterocycles. The first-order valence-corrected chi connectivity index (χ1v) is 5.95. The van der Waals surface area contributed by atoms with Gasteiger partial charge < -0.3 is 14.8 Å². The Morgan fingerprint density at radius 2 is 2.00 bits per heavy atom. The highest BCUT2D eigenvalue weighted by Crippen LogP contribution is 2.00. The van der Waals surface area contributed by atoms with Crippen LogP contribution in [0, 0.1) is 0 Å². The van der Waals surface area contributed by atoms with Crippen LogP contribution >= 0.6 is 0 Å². The lowest BCUT2D eigenvalue weighted by Crippen LogP contribution is -2.42. The van der Waals surface area contributed by atoms with Crippen LogP contribution in [0.4, 0.5) is 0 Å². The van der Waals surface area contributed by atoms with E-state index in [1.807, 2.05) is 6.92 Å². The molecule has 0 saturated heterocycles. The molecule has 0 spiro atoms. The summed E-state index contributed by atoms with van der Waals surface area (Å²) in [5.41, 5.74) is 0. The molecule has 0 heterocycles. The van der Waals surface area contributed by atoms with Gasteiger partial charge in [0.2, 0.25) is 0 Å². The van der Waals surface area contributed by atoms with Crippen LogP contribution in [0.15, 0.2) is 0 Å². The van der Waals surface area contributed by atoms with Crippen molar-refractivity contribution in [3.63, 3.8) is 0 Å². The summed E-state index contributed by atoms with van der Waals surface area (Å²) in [6, 6.07) is 0. The zero-order valence-corrected chi connectivity index (χ0v) is 8.90. The zero-order valence-electron chi connectivity index (χ0n) is 8.09. The molecule has 0 amide bonds. The third kappa shape index (κ3) is 6.28. The standard InChI is InChI=1S/C7H17NO5S/c1-2-3-8(4-5-9)7(10)6-14(11,12)13/h7,9-10H,2-6H2,1H3,(H,11,12,13)/p-1. The molecule has 0 rings (SSSR count). The lowest BCUT2D eigenvalue weighted by atomic mass is 10.4. The van der Waals surface area contributed by atoms with E-state index in [9.17, 15) is 18.1 Å². The van der Waals surface area contributed by atoms with Crippen LogP contribution in [0.1, 0.15) is 13.3 Å². The van der Waals surface area contributed by atoms with Gasteiger partial charge >= 0.3 is 0 Å². The molecule has 0 aromatic rings. The SMILES string of the molecule is CCCN(CCO)C(O)CS(=O)(=O)[O-].